The van der Waals surface area contributed by atoms with Crippen molar-refractivity contribution in [3.8, 4) is 0 Å². The number of aliphatic hydroxyl groups excluding tert-OH is 1. The number of hydrogen-bond acceptors (Lipinski definition) is 2. The van der Waals surface area contributed by atoms with Gasteiger partial charge in [-0.15, -0.1) is 0 Å². The molecule has 0 aliphatic carbocycles. The number of aryl methyl sites for hydroxylation is 1. The van der Waals surface area contributed by atoms with Gasteiger partial charge in [0.15, 0.2) is 6.29 Å². The highest BCUT2D eigenvalue weighted by molar-refractivity contribution is 5.14. The Morgan fingerprint density at radius 1 is 1.21 bits per heavy atom. The second kappa shape index (κ2) is 4.58. The zero-order chi connectivity index (χ0) is 9.80. The fourth-order valence-corrected chi connectivity index (χ4v) is 1.87. The highest BCUT2D eigenvalue weighted by Gasteiger charge is 2.22. The summed E-state index contributed by atoms with van der Waals surface area (Å²) < 4.78 is 5.34. The highest BCUT2D eigenvalue weighted by atomic mass is 16.6. The van der Waals surface area contributed by atoms with Gasteiger partial charge in [-0.3, -0.25) is 0 Å². The molecular formula is C12H16O2. The molecule has 0 spiro atoms. The molecule has 76 valence electrons. The first-order valence-corrected chi connectivity index (χ1v) is 5.22. The molecule has 0 amide bonds. The van der Waals surface area contributed by atoms with Gasteiger partial charge < -0.3 is 9.84 Å². The average Bonchev–Trinajstić information content (AvgIpc) is 2.63. The van der Waals surface area contributed by atoms with E-state index in [1.165, 1.54) is 5.56 Å². The maximum atomic E-state index is 9.17. The molecule has 2 rings (SSSR count). The molecule has 1 aliphatic rings. The van der Waals surface area contributed by atoms with Crippen LogP contribution in [0, 0.1) is 0 Å². The summed E-state index contributed by atoms with van der Waals surface area (Å²) in [5, 5.41) is 9.17. The largest absolute Gasteiger partial charge is 0.368 e. The van der Waals surface area contributed by atoms with E-state index in [1.807, 2.05) is 6.07 Å². The lowest BCUT2D eigenvalue weighted by atomic mass is 10.1. The van der Waals surface area contributed by atoms with E-state index in [9.17, 15) is 5.11 Å². The van der Waals surface area contributed by atoms with Gasteiger partial charge in [0, 0.05) is 6.42 Å². The molecule has 0 saturated carbocycles. The van der Waals surface area contributed by atoms with Crippen LogP contribution < -0.4 is 0 Å². The van der Waals surface area contributed by atoms with Gasteiger partial charge in [-0.05, 0) is 24.8 Å². The van der Waals surface area contributed by atoms with Crippen LogP contribution in [0.4, 0.5) is 0 Å². The minimum absolute atomic E-state index is 0.255. The highest BCUT2D eigenvalue weighted by Crippen LogP contribution is 2.21. The van der Waals surface area contributed by atoms with Gasteiger partial charge in [0.1, 0.15) is 0 Å². The SMILES string of the molecule is O[C@@H]1CC[C@H](CCc2ccccc2)O1. The molecule has 2 atom stereocenters. The van der Waals surface area contributed by atoms with Crippen LogP contribution in [0.3, 0.4) is 0 Å². The molecule has 1 aliphatic heterocycles. The van der Waals surface area contributed by atoms with E-state index in [0.29, 0.717) is 0 Å². The third kappa shape index (κ3) is 2.56. The first-order chi connectivity index (χ1) is 6.84. The predicted molar refractivity (Wildman–Crippen MR) is 54.9 cm³/mol. The molecule has 1 aromatic carbocycles. The first kappa shape index (κ1) is 9.69. The third-order valence-electron chi connectivity index (χ3n) is 2.68. The van der Waals surface area contributed by atoms with Gasteiger partial charge in [-0.2, -0.15) is 0 Å². The molecule has 0 unspecified atom stereocenters. The molecule has 0 aromatic heterocycles. The summed E-state index contributed by atoms with van der Waals surface area (Å²) in [6, 6.07) is 10.4. The Balaban J connectivity index is 1.78. The van der Waals surface area contributed by atoms with Crippen LogP contribution in [0.2, 0.25) is 0 Å². The van der Waals surface area contributed by atoms with E-state index in [0.717, 1.165) is 25.7 Å². The molecule has 1 heterocycles. The van der Waals surface area contributed by atoms with Crippen LogP contribution in [0.25, 0.3) is 0 Å². The Hall–Kier alpha value is -0.860. The van der Waals surface area contributed by atoms with Gasteiger partial charge in [0.2, 0.25) is 0 Å². The second-order valence-electron chi connectivity index (χ2n) is 3.81. The summed E-state index contributed by atoms with van der Waals surface area (Å²) in [5.74, 6) is 0. The Bertz CT molecular complexity index is 271. The van der Waals surface area contributed by atoms with E-state index in [2.05, 4.69) is 24.3 Å². The smallest absolute Gasteiger partial charge is 0.154 e. The molecular weight excluding hydrogens is 176 g/mol. The molecule has 1 saturated heterocycles. The fraction of sp³-hybridized carbons (Fsp3) is 0.500. The fourth-order valence-electron chi connectivity index (χ4n) is 1.87. The first-order valence-electron chi connectivity index (χ1n) is 5.22. The van der Waals surface area contributed by atoms with Crippen LogP contribution in [0.5, 0.6) is 0 Å². The normalized spacial score (nSPS) is 26.6. The summed E-state index contributed by atoms with van der Waals surface area (Å²) in [5.41, 5.74) is 1.34. The minimum Gasteiger partial charge on any atom is -0.368 e. The Kier molecular flexibility index (Phi) is 3.17. The van der Waals surface area contributed by atoms with Crippen molar-refractivity contribution in [1.29, 1.82) is 0 Å². The quantitative estimate of drug-likeness (QED) is 0.794. The van der Waals surface area contributed by atoms with E-state index in [4.69, 9.17) is 4.74 Å². The second-order valence-corrected chi connectivity index (χ2v) is 3.81. The van der Waals surface area contributed by atoms with Gasteiger partial charge in [0.05, 0.1) is 6.10 Å². The van der Waals surface area contributed by atoms with Crippen molar-refractivity contribution in [3.63, 3.8) is 0 Å². The zero-order valence-corrected chi connectivity index (χ0v) is 8.23. The zero-order valence-electron chi connectivity index (χ0n) is 8.23. The van der Waals surface area contributed by atoms with E-state index < -0.39 is 6.29 Å². The number of benzene rings is 1. The topological polar surface area (TPSA) is 29.5 Å². The number of aliphatic hydroxyl groups is 1. The van der Waals surface area contributed by atoms with E-state index in [1.54, 1.807) is 0 Å². The maximum Gasteiger partial charge on any atom is 0.154 e. The molecule has 14 heavy (non-hydrogen) atoms. The van der Waals surface area contributed by atoms with Crippen molar-refractivity contribution < 1.29 is 9.84 Å². The molecule has 2 heteroatoms. The van der Waals surface area contributed by atoms with Crippen molar-refractivity contribution >= 4 is 0 Å². The van der Waals surface area contributed by atoms with Gasteiger partial charge >= 0.3 is 0 Å². The molecule has 0 radical (unpaired) electrons. The molecule has 2 nitrogen and oxygen atoms in total. The Morgan fingerprint density at radius 3 is 2.64 bits per heavy atom. The lowest BCUT2D eigenvalue weighted by Crippen LogP contribution is -2.10. The van der Waals surface area contributed by atoms with Crippen LogP contribution >= 0.6 is 0 Å². The van der Waals surface area contributed by atoms with Gasteiger partial charge in [-0.25, -0.2) is 0 Å². The average molecular weight is 192 g/mol. The lowest BCUT2D eigenvalue weighted by Gasteiger charge is -2.09. The lowest BCUT2D eigenvalue weighted by molar-refractivity contribution is -0.0914. The van der Waals surface area contributed by atoms with Crippen LogP contribution in [-0.2, 0) is 11.2 Å². The minimum atomic E-state index is -0.518. The summed E-state index contributed by atoms with van der Waals surface area (Å²) in [4.78, 5) is 0. The molecule has 1 fully saturated rings. The van der Waals surface area contributed by atoms with Crippen molar-refractivity contribution in [2.24, 2.45) is 0 Å². The third-order valence-corrected chi connectivity index (χ3v) is 2.68. The van der Waals surface area contributed by atoms with Crippen molar-refractivity contribution in [2.75, 3.05) is 0 Å². The van der Waals surface area contributed by atoms with Crippen molar-refractivity contribution in [3.05, 3.63) is 35.9 Å². The Labute approximate surface area is 84.5 Å². The predicted octanol–water partition coefficient (Wildman–Crippen LogP) is 2.12. The van der Waals surface area contributed by atoms with E-state index in [-0.39, 0.29) is 6.10 Å². The number of hydrogen-bond donors (Lipinski definition) is 1. The molecule has 0 bridgehead atoms. The van der Waals surface area contributed by atoms with E-state index >= 15 is 0 Å². The summed E-state index contributed by atoms with van der Waals surface area (Å²) in [6.07, 6.45) is 3.58. The Morgan fingerprint density at radius 2 is 2.00 bits per heavy atom. The summed E-state index contributed by atoms with van der Waals surface area (Å²) in [6.45, 7) is 0. The number of rotatable bonds is 3. The maximum absolute atomic E-state index is 9.17. The standard InChI is InChI=1S/C12H16O2/c13-12-9-8-11(14-12)7-6-10-4-2-1-3-5-10/h1-5,11-13H,6-9H2/t11-,12-/m0/s1. The van der Waals surface area contributed by atoms with Crippen molar-refractivity contribution in [1.82, 2.24) is 0 Å². The van der Waals surface area contributed by atoms with Crippen LogP contribution in [-0.4, -0.2) is 17.5 Å². The molecule has 1 N–H and O–H groups in total. The summed E-state index contributed by atoms with van der Waals surface area (Å²) >= 11 is 0. The van der Waals surface area contributed by atoms with Crippen molar-refractivity contribution in [2.45, 2.75) is 38.1 Å². The molecule has 1 aromatic rings. The van der Waals surface area contributed by atoms with Crippen LogP contribution in [0.15, 0.2) is 30.3 Å². The number of ether oxygens (including phenoxy) is 1. The monoisotopic (exact) mass is 192 g/mol. The summed E-state index contributed by atoms with van der Waals surface area (Å²) in [7, 11) is 0. The van der Waals surface area contributed by atoms with Gasteiger partial charge in [-0.1, -0.05) is 30.3 Å². The van der Waals surface area contributed by atoms with Crippen LogP contribution in [0.1, 0.15) is 24.8 Å². The van der Waals surface area contributed by atoms with Gasteiger partial charge in [0.25, 0.3) is 0 Å².